The van der Waals surface area contributed by atoms with Crippen LogP contribution in [-0.4, -0.2) is 12.1 Å². The van der Waals surface area contributed by atoms with E-state index in [0.29, 0.717) is 11.3 Å². The van der Waals surface area contributed by atoms with Crippen LogP contribution in [0.5, 0.6) is 5.75 Å². The number of aromatic nitrogens is 1. The summed E-state index contributed by atoms with van der Waals surface area (Å²) in [4.78, 5) is 2.77. The third-order valence-corrected chi connectivity index (χ3v) is 3.04. The Bertz CT molecular complexity index is 692. The quantitative estimate of drug-likeness (QED) is 0.810. The summed E-state index contributed by atoms with van der Waals surface area (Å²) in [6.45, 7) is 1.85. The molecule has 0 radical (unpaired) electrons. The fourth-order valence-electron chi connectivity index (χ4n) is 1.88. The largest absolute Gasteiger partial charge is 0.496 e. The second kappa shape index (κ2) is 5.28. The molecule has 0 fully saturated rings. The zero-order valence-electron chi connectivity index (χ0n) is 10.8. The summed E-state index contributed by atoms with van der Waals surface area (Å²) in [6, 6.07) is 7.22. The Morgan fingerprint density at radius 3 is 2.45 bits per heavy atom. The number of benzene rings is 1. The van der Waals surface area contributed by atoms with Gasteiger partial charge >= 0.3 is 6.18 Å². The summed E-state index contributed by atoms with van der Waals surface area (Å²) in [5.74, 6) is 0.487. The third-order valence-electron chi connectivity index (χ3n) is 2.82. The molecule has 1 aromatic carbocycles. The van der Waals surface area contributed by atoms with E-state index < -0.39 is 11.7 Å². The van der Waals surface area contributed by atoms with Gasteiger partial charge in [0.2, 0.25) is 0 Å². The number of rotatable bonds is 2. The molecule has 0 atom stereocenters. The van der Waals surface area contributed by atoms with Gasteiger partial charge in [-0.25, -0.2) is 0 Å². The van der Waals surface area contributed by atoms with Crippen molar-refractivity contribution >= 4 is 12.2 Å². The van der Waals surface area contributed by atoms with Crippen LogP contribution < -0.4 is 4.74 Å². The SMILES string of the molecule is COc1ccc(C)cc1-c1cc(C(F)(F)F)cc(=S)[nH]1. The van der Waals surface area contributed by atoms with E-state index in [-0.39, 0.29) is 10.3 Å². The van der Waals surface area contributed by atoms with Crippen LogP contribution in [0.25, 0.3) is 11.3 Å². The molecule has 0 aliphatic heterocycles. The monoisotopic (exact) mass is 299 g/mol. The van der Waals surface area contributed by atoms with Crippen molar-refractivity contribution in [1.29, 1.82) is 0 Å². The van der Waals surface area contributed by atoms with Crippen LogP contribution >= 0.6 is 12.2 Å². The number of aryl methyl sites for hydroxylation is 1. The highest BCUT2D eigenvalue weighted by Crippen LogP contribution is 2.34. The van der Waals surface area contributed by atoms with Crippen LogP contribution in [0.4, 0.5) is 13.2 Å². The van der Waals surface area contributed by atoms with E-state index in [0.717, 1.165) is 17.7 Å². The van der Waals surface area contributed by atoms with Gasteiger partial charge in [-0.3, -0.25) is 0 Å². The molecule has 0 aliphatic rings. The molecule has 0 spiro atoms. The van der Waals surface area contributed by atoms with Gasteiger partial charge in [-0.1, -0.05) is 23.8 Å². The smallest absolute Gasteiger partial charge is 0.416 e. The van der Waals surface area contributed by atoms with Crippen molar-refractivity contribution in [1.82, 2.24) is 4.98 Å². The van der Waals surface area contributed by atoms with Crippen molar-refractivity contribution in [3.63, 3.8) is 0 Å². The van der Waals surface area contributed by atoms with Crippen LogP contribution in [0.3, 0.4) is 0 Å². The zero-order valence-corrected chi connectivity index (χ0v) is 11.7. The summed E-state index contributed by atoms with van der Waals surface area (Å²) in [7, 11) is 1.47. The van der Waals surface area contributed by atoms with Crippen molar-refractivity contribution in [2.45, 2.75) is 13.1 Å². The minimum absolute atomic E-state index is 0.0263. The fraction of sp³-hybridized carbons (Fsp3) is 0.214. The van der Waals surface area contributed by atoms with Crippen molar-refractivity contribution in [2.24, 2.45) is 0 Å². The molecule has 2 nitrogen and oxygen atoms in total. The third kappa shape index (κ3) is 3.01. The van der Waals surface area contributed by atoms with Gasteiger partial charge in [-0.15, -0.1) is 0 Å². The second-order valence-corrected chi connectivity index (χ2v) is 4.79. The lowest BCUT2D eigenvalue weighted by Gasteiger charge is -2.12. The van der Waals surface area contributed by atoms with Crippen molar-refractivity contribution in [3.8, 4) is 17.0 Å². The lowest BCUT2D eigenvalue weighted by molar-refractivity contribution is -0.137. The molecule has 2 aromatic rings. The zero-order chi connectivity index (χ0) is 14.9. The Morgan fingerprint density at radius 2 is 1.85 bits per heavy atom. The summed E-state index contributed by atoms with van der Waals surface area (Å²) in [5, 5.41) is 0. The van der Waals surface area contributed by atoms with Gasteiger partial charge in [0.1, 0.15) is 10.4 Å². The van der Waals surface area contributed by atoms with Crippen LogP contribution in [0, 0.1) is 11.6 Å². The topological polar surface area (TPSA) is 25.0 Å². The van der Waals surface area contributed by atoms with E-state index in [9.17, 15) is 13.2 Å². The van der Waals surface area contributed by atoms with E-state index in [4.69, 9.17) is 17.0 Å². The predicted octanol–water partition coefficient (Wildman–Crippen LogP) is 4.75. The Hall–Kier alpha value is -1.82. The lowest BCUT2D eigenvalue weighted by Crippen LogP contribution is -2.06. The number of aromatic amines is 1. The first-order valence-corrected chi connectivity index (χ1v) is 6.18. The average molecular weight is 299 g/mol. The molecule has 1 heterocycles. The van der Waals surface area contributed by atoms with E-state index >= 15 is 0 Å². The number of hydrogen-bond acceptors (Lipinski definition) is 2. The molecule has 2 rings (SSSR count). The Balaban J connectivity index is 2.67. The number of alkyl halides is 3. The number of ether oxygens (including phenoxy) is 1. The Morgan fingerprint density at radius 1 is 1.15 bits per heavy atom. The standard InChI is InChI=1S/C14H12F3NOS/c1-8-3-4-12(19-2)10(5-8)11-6-9(14(15,16)17)7-13(20)18-11/h3-7H,1-2H3,(H,18,20). The summed E-state index contributed by atoms with van der Waals surface area (Å²) in [5.41, 5.74) is 0.965. The molecule has 1 N–H and O–H groups in total. The van der Waals surface area contributed by atoms with Crippen molar-refractivity contribution in [3.05, 3.63) is 46.1 Å². The van der Waals surface area contributed by atoms with E-state index in [1.54, 1.807) is 12.1 Å². The molecule has 106 valence electrons. The van der Waals surface area contributed by atoms with E-state index in [1.165, 1.54) is 7.11 Å². The fourth-order valence-corrected chi connectivity index (χ4v) is 2.12. The minimum atomic E-state index is -4.44. The maximum absolute atomic E-state index is 12.8. The minimum Gasteiger partial charge on any atom is -0.496 e. The molecule has 0 saturated carbocycles. The number of pyridine rings is 1. The highest BCUT2D eigenvalue weighted by atomic mass is 32.1. The highest BCUT2D eigenvalue weighted by molar-refractivity contribution is 7.71. The molecule has 20 heavy (non-hydrogen) atoms. The Kier molecular flexibility index (Phi) is 3.85. The van der Waals surface area contributed by atoms with Gasteiger partial charge < -0.3 is 9.72 Å². The van der Waals surface area contributed by atoms with Crippen LogP contribution in [0.15, 0.2) is 30.3 Å². The molecule has 0 bridgehead atoms. The maximum Gasteiger partial charge on any atom is 0.416 e. The summed E-state index contributed by atoms with van der Waals surface area (Å²) in [6.07, 6.45) is -4.44. The molecule has 1 aromatic heterocycles. The first kappa shape index (κ1) is 14.6. The molecule has 0 aliphatic carbocycles. The normalized spacial score (nSPS) is 11.4. The number of hydrogen-bond donors (Lipinski definition) is 1. The van der Waals surface area contributed by atoms with Crippen molar-refractivity contribution < 1.29 is 17.9 Å². The molecular formula is C14H12F3NOS. The molecule has 0 amide bonds. The van der Waals surface area contributed by atoms with Crippen LogP contribution in [0.1, 0.15) is 11.1 Å². The average Bonchev–Trinajstić information content (AvgIpc) is 2.37. The van der Waals surface area contributed by atoms with E-state index in [1.807, 2.05) is 13.0 Å². The predicted molar refractivity (Wildman–Crippen MR) is 73.4 cm³/mol. The first-order valence-electron chi connectivity index (χ1n) is 5.78. The molecule has 6 heteroatoms. The van der Waals surface area contributed by atoms with Gasteiger partial charge in [-0.2, -0.15) is 13.2 Å². The van der Waals surface area contributed by atoms with Crippen molar-refractivity contribution in [2.75, 3.05) is 7.11 Å². The van der Waals surface area contributed by atoms with Crippen LogP contribution in [-0.2, 0) is 6.18 Å². The highest BCUT2D eigenvalue weighted by Gasteiger charge is 2.31. The van der Waals surface area contributed by atoms with Crippen LogP contribution in [0.2, 0.25) is 0 Å². The number of nitrogens with one attached hydrogen (secondary N) is 1. The number of H-pyrrole nitrogens is 1. The van der Waals surface area contributed by atoms with Gasteiger partial charge in [0.05, 0.1) is 18.4 Å². The maximum atomic E-state index is 12.8. The van der Waals surface area contributed by atoms with Gasteiger partial charge in [0, 0.05) is 5.56 Å². The lowest BCUT2D eigenvalue weighted by atomic mass is 10.1. The van der Waals surface area contributed by atoms with Gasteiger partial charge in [-0.05, 0) is 31.2 Å². The van der Waals surface area contributed by atoms with Gasteiger partial charge in [0.15, 0.2) is 0 Å². The van der Waals surface area contributed by atoms with Gasteiger partial charge in [0.25, 0.3) is 0 Å². The molecule has 0 unspecified atom stereocenters. The molecule has 0 saturated heterocycles. The van der Waals surface area contributed by atoms with E-state index in [2.05, 4.69) is 4.98 Å². The number of methoxy groups -OCH3 is 1. The second-order valence-electron chi connectivity index (χ2n) is 4.35. The Labute approximate surface area is 119 Å². The summed E-state index contributed by atoms with van der Waals surface area (Å²) >= 11 is 4.87. The number of halogens is 3. The summed E-state index contributed by atoms with van der Waals surface area (Å²) < 4.78 is 43.7. The first-order chi connectivity index (χ1) is 9.31. The molecular weight excluding hydrogens is 287 g/mol.